The number of sulfonamides is 1. The van der Waals surface area contributed by atoms with Gasteiger partial charge in [-0.3, -0.25) is 9.59 Å². The minimum absolute atomic E-state index is 0.0159. The maximum atomic E-state index is 11.4. The average molecular weight is 294 g/mol. The van der Waals surface area contributed by atoms with Gasteiger partial charge in [0.25, 0.3) is 0 Å². The van der Waals surface area contributed by atoms with Crippen molar-refractivity contribution in [1.82, 2.24) is 10.6 Å². The molecular formula is C10H22N4O4S. The van der Waals surface area contributed by atoms with Gasteiger partial charge in [0.1, 0.15) is 0 Å². The molecule has 0 spiro atoms. The lowest BCUT2D eigenvalue weighted by atomic mass is 10.1. The van der Waals surface area contributed by atoms with Crippen LogP contribution < -0.4 is 21.5 Å². The summed E-state index contributed by atoms with van der Waals surface area (Å²) < 4.78 is 21.2. The molecule has 0 aromatic heterocycles. The lowest BCUT2D eigenvalue weighted by Gasteiger charge is -2.15. The molecule has 9 heteroatoms. The van der Waals surface area contributed by atoms with Crippen LogP contribution >= 0.6 is 0 Å². The van der Waals surface area contributed by atoms with Crippen LogP contribution in [0.2, 0.25) is 0 Å². The number of carbonyl (C=O) groups excluding carboxylic acids is 2. The highest BCUT2D eigenvalue weighted by atomic mass is 32.2. The van der Waals surface area contributed by atoms with E-state index in [1.165, 1.54) is 0 Å². The summed E-state index contributed by atoms with van der Waals surface area (Å²) in [7, 11) is -3.51. The Bertz CT molecular complexity index is 408. The number of nitrogens with two attached hydrogens (primary N) is 2. The van der Waals surface area contributed by atoms with Gasteiger partial charge < -0.3 is 16.4 Å². The van der Waals surface area contributed by atoms with Crippen LogP contribution in [0.5, 0.6) is 0 Å². The van der Waals surface area contributed by atoms with Gasteiger partial charge in [-0.1, -0.05) is 13.8 Å². The highest BCUT2D eigenvalue weighted by Crippen LogP contribution is 1.97. The monoisotopic (exact) mass is 294 g/mol. The fourth-order valence-corrected chi connectivity index (χ4v) is 1.70. The minimum atomic E-state index is -3.51. The summed E-state index contributed by atoms with van der Waals surface area (Å²) in [6, 6.07) is -0.657. The Morgan fingerprint density at radius 3 is 2.26 bits per heavy atom. The second kappa shape index (κ2) is 8.08. The van der Waals surface area contributed by atoms with E-state index >= 15 is 0 Å². The van der Waals surface area contributed by atoms with Crippen LogP contribution in [0.25, 0.3) is 0 Å². The highest BCUT2D eigenvalue weighted by Gasteiger charge is 2.17. The molecule has 0 aliphatic heterocycles. The van der Waals surface area contributed by atoms with Gasteiger partial charge in [-0.2, -0.15) is 0 Å². The third kappa shape index (κ3) is 9.40. The van der Waals surface area contributed by atoms with E-state index in [-0.39, 0.29) is 31.2 Å². The first-order chi connectivity index (χ1) is 8.63. The van der Waals surface area contributed by atoms with Crippen LogP contribution in [-0.4, -0.2) is 45.1 Å². The normalized spacial score (nSPS) is 13.1. The zero-order valence-electron chi connectivity index (χ0n) is 11.2. The lowest BCUT2D eigenvalue weighted by molar-refractivity contribution is -0.127. The molecule has 0 aromatic carbocycles. The fourth-order valence-electron chi connectivity index (χ4n) is 1.15. The van der Waals surface area contributed by atoms with Crippen molar-refractivity contribution in [3.63, 3.8) is 0 Å². The predicted molar refractivity (Wildman–Crippen MR) is 71.4 cm³/mol. The van der Waals surface area contributed by atoms with Crippen molar-refractivity contribution in [3.05, 3.63) is 0 Å². The minimum Gasteiger partial charge on any atom is -0.355 e. The van der Waals surface area contributed by atoms with Crippen molar-refractivity contribution >= 4 is 21.8 Å². The van der Waals surface area contributed by atoms with E-state index in [1.54, 1.807) is 13.8 Å². The number of hydrogen-bond acceptors (Lipinski definition) is 5. The number of carbonyl (C=O) groups is 2. The standard InChI is InChI=1S/C10H22N4O4S/c1-7(2)9(11)10(16)14-6-8(15)13-4-3-5-19(12,17)18/h7,9H,3-6,11H2,1-2H3,(H,13,15)(H,14,16)(H2,12,17,18)/t9-/m0/s1. The Morgan fingerprint density at radius 1 is 1.21 bits per heavy atom. The maximum absolute atomic E-state index is 11.4. The molecule has 0 unspecified atom stereocenters. The van der Waals surface area contributed by atoms with Crippen LogP contribution in [0.15, 0.2) is 0 Å². The Hall–Kier alpha value is -1.19. The predicted octanol–water partition coefficient (Wildman–Crippen LogP) is -2.12. The summed E-state index contributed by atoms with van der Waals surface area (Å²) in [5.41, 5.74) is 5.59. The van der Waals surface area contributed by atoms with Gasteiger partial charge in [0.15, 0.2) is 0 Å². The quantitative estimate of drug-likeness (QED) is 0.378. The maximum Gasteiger partial charge on any atom is 0.239 e. The molecule has 0 bridgehead atoms. The van der Waals surface area contributed by atoms with Crippen molar-refractivity contribution in [3.8, 4) is 0 Å². The van der Waals surface area contributed by atoms with Crippen LogP contribution in [0, 0.1) is 5.92 Å². The molecule has 0 aromatic rings. The topological polar surface area (TPSA) is 144 Å². The molecular weight excluding hydrogens is 272 g/mol. The number of hydrogen-bond donors (Lipinski definition) is 4. The summed E-state index contributed by atoms with van der Waals surface area (Å²) in [6.45, 7) is 3.60. The Balaban J connectivity index is 3.79. The second-order valence-electron chi connectivity index (χ2n) is 4.56. The molecule has 0 fully saturated rings. The first-order valence-electron chi connectivity index (χ1n) is 5.94. The zero-order valence-corrected chi connectivity index (χ0v) is 12.0. The summed E-state index contributed by atoms with van der Waals surface area (Å²) in [5, 5.41) is 9.67. The smallest absolute Gasteiger partial charge is 0.239 e. The highest BCUT2D eigenvalue weighted by molar-refractivity contribution is 7.89. The molecule has 112 valence electrons. The molecule has 0 saturated carbocycles. The summed E-state index contributed by atoms with van der Waals surface area (Å²) in [4.78, 5) is 22.8. The van der Waals surface area contributed by atoms with Gasteiger partial charge in [0, 0.05) is 6.54 Å². The Morgan fingerprint density at radius 2 is 1.79 bits per heavy atom. The third-order valence-corrected chi connectivity index (χ3v) is 3.23. The molecule has 0 saturated heterocycles. The van der Waals surface area contributed by atoms with Gasteiger partial charge in [0.05, 0.1) is 18.3 Å². The van der Waals surface area contributed by atoms with E-state index in [0.717, 1.165) is 0 Å². The van der Waals surface area contributed by atoms with Gasteiger partial charge in [0.2, 0.25) is 21.8 Å². The number of nitrogens with one attached hydrogen (secondary N) is 2. The van der Waals surface area contributed by atoms with Crippen molar-refractivity contribution in [2.24, 2.45) is 16.8 Å². The number of rotatable bonds is 8. The van der Waals surface area contributed by atoms with Crippen molar-refractivity contribution in [2.45, 2.75) is 26.3 Å². The molecule has 2 amide bonds. The van der Waals surface area contributed by atoms with Gasteiger partial charge in [-0.05, 0) is 12.3 Å². The average Bonchev–Trinajstić information content (AvgIpc) is 2.29. The van der Waals surface area contributed by atoms with Gasteiger partial charge in [-0.25, -0.2) is 13.6 Å². The Kier molecular flexibility index (Phi) is 7.57. The van der Waals surface area contributed by atoms with Gasteiger partial charge >= 0.3 is 0 Å². The van der Waals surface area contributed by atoms with Gasteiger partial charge in [-0.15, -0.1) is 0 Å². The summed E-state index contributed by atoms with van der Waals surface area (Å²) in [6.07, 6.45) is 0.226. The molecule has 1 atom stereocenters. The molecule has 0 aliphatic carbocycles. The molecule has 19 heavy (non-hydrogen) atoms. The van der Waals surface area contributed by atoms with E-state index < -0.39 is 27.9 Å². The largest absolute Gasteiger partial charge is 0.355 e. The molecule has 0 aliphatic rings. The van der Waals surface area contributed by atoms with E-state index in [1.807, 2.05) is 0 Å². The third-order valence-electron chi connectivity index (χ3n) is 2.37. The van der Waals surface area contributed by atoms with Crippen molar-refractivity contribution in [2.75, 3.05) is 18.8 Å². The molecule has 0 heterocycles. The SMILES string of the molecule is CC(C)[C@H](N)C(=O)NCC(=O)NCCCS(N)(=O)=O. The van der Waals surface area contributed by atoms with Crippen LogP contribution in [0.4, 0.5) is 0 Å². The van der Waals surface area contributed by atoms with Crippen molar-refractivity contribution in [1.29, 1.82) is 0 Å². The zero-order chi connectivity index (χ0) is 15.1. The van der Waals surface area contributed by atoms with E-state index in [9.17, 15) is 18.0 Å². The van der Waals surface area contributed by atoms with E-state index in [4.69, 9.17) is 10.9 Å². The van der Waals surface area contributed by atoms with Crippen LogP contribution in [-0.2, 0) is 19.6 Å². The lowest BCUT2D eigenvalue weighted by Crippen LogP contribution is -2.47. The fraction of sp³-hybridized carbons (Fsp3) is 0.800. The number of amides is 2. The Labute approximate surface area is 113 Å². The number of primary sulfonamides is 1. The molecule has 0 rings (SSSR count). The first kappa shape index (κ1) is 17.8. The molecule has 8 nitrogen and oxygen atoms in total. The summed E-state index contributed by atoms with van der Waals surface area (Å²) in [5.74, 6) is -1.01. The van der Waals surface area contributed by atoms with Crippen molar-refractivity contribution < 1.29 is 18.0 Å². The first-order valence-corrected chi connectivity index (χ1v) is 7.65. The second-order valence-corrected chi connectivity index (χ2v) is 6.29. The van der Waals surface area contributed by atoms with E-state index in [2.05, 4.69) is 10.6 Å². The molecule has 6 N–H and O–H groups in total. The molecule has 0 radical (unpaired) electrons. The van der Waals surface area contributed by atoms with Crippen LogP contribution in [0.1, 0.15) is 20.3 Å². The van der Waals surface area contributed by atoms with E-state index in [0.29, 0.717) is 0 Å². The van der Waals surface area contributed by atoms with Crippen LogP contribution in [0.3, 0.4) is 0 Å². The summed E-state index contributed by atoms with van der Waals surface area (Å²) >= 11 is 0.